The molecule has 3 aromatic rings. The van der Waals surface area contributed by atoms with Gasteiger partial charge in [0, 0.05) is 17.3 Å². The highest BCUT2D eigenvalue weighted by Gasteiger charge is 2.12. The van der Waals surface area contributed by atoms with Gasteiger partial charge < -0.3 is 14.6 Å². The van der Waals surface area contributed by atoms with Crippen LogP contribution in [0.5, 0.6) is 0 Å². The van der Waals surface area contributed by atoms with Crippen LogP contribution in [-0.4, -0.2) is 23.6 Å². The maximum atomic E-state index is 12.2. The summed E-state index contributed by atoms with van der Waals surface area (Å²) in [5, 5.41) is 6.75. The van der Waals surface area contributed by atoms with Crippen molar-refractivity contribution in [2.24, 2.45) is 0 Å². The van der Waals surface area contributed by atoms with Gasteiger partial charge in [0.1, 0.15) is 11.5 Å². The Kier molecular flexibility index (Phi) is 5.43. The van der Waals surface area contributed by atoms with Crippen LogP contribution in [-0.2, 0) is 16.0 Å². The molecule has 0 saturated carbocycles. The zero-order valence-electron chi connectivity index (χ0n) is 14.3. The smallest absolute Gasteiger partial charge is 0.338 e. The maximum absolute atomic E-state index is 12.2. The van der Waals surface area contributed by atoms with E-state index in [1.54, 1.807) is 37.3 Å². The number of benzene rings is 2. The van der Waals surface area contributed by atoms with Crippen molar-refractivity contribution in [1.82, 2.24) is 5.16 Å². The van der Waals surface area contributed by atoms with Gasteiger partial charge in [-0.05, 0) is 31.2 Å². The third kappa shape index (κ3) is 4.36. The number of hydrogen-bond donors (Lipinski definition) is 1. The van der Waals surface area contributed by atoms with Crippen molar-refractivity contribution < 1.29 is 18.8 Å². The Labute approximate surface area is 150 Å². The summed E-state index contributed by atoms with van der Waals surface area (Å²) in [6.07, 6.45) is 0.0689. The Balaban J connectivity index is 1.59. The van der Waals surface area contributed by atoms with Crippen LogP contribution < -0.4 is 5.32 Å². The molecule has 0 radical (unpaired) electrons. The summed E-state index contributed by atoms with van der Waals surface area (Å²) in [5.74, 6) is -0.144. The van der Waals surface area contributed by atoms with Crippen molar-refractivity contribution in [1.29, 1.82) is 0 Å². The van der Waals surface area contributed by atoms with E-state index >= 15 is 0 Å². The van der Waals surface area contributed by atoms with Crippen LogP contribution in [0.3, 0.4) is 0 Å². The first kappa shape index (κ1) is 17.4. The van der Waals surface area contributed by atoms with Gasteiger partial charge in [0.2, 0.25) is 5.91 Å². The van der Waals surface area contributed by atoms with E-state index in [1.165, 1.54) is 0 Å². The van der Waals surface area contributed by atoms with Crippen LogP contribution in [0.25, 0.3) is 11.3 Å². The van der Waals surface area contributed by atoms with Gasteiger partial charge >= 0.3 is 5.97 Å². The molecule has 1 heterocycles. The lowest BCUT2D eigenvalue weighted by atomic mass is 10.1. The highest BCUT2D eigenvalue weighted by Crippen LogP contribution is 2.19. The Morgan fingerprint density at radius 2 is 1.81 bits per heavy atom. The maximum Gasteiger partial charge on any atom is 0.338 e. The minimum atomic E-state index is -0.388. The molecule has 0 aliphatic carbocycles. The molecule has 3 rings (SSSR count). The van der Waals surface area contributed by atoms with Crippen molar-refractivity contribution in [2.45, 2.75) is 13.3 Å². The summed E-state index contributed by atoms with van der Waals surface area (Å²) in [6.45, 7) is 2.07. The van der Waals surface area contributed by atoms with E-state index in [0.717, 1.165) is 5.56 Å². The van der Waals surface area contributed by atoms with Crippen molar-refractivity contribution >= 4 is 17.6 Å². The predicted molar refractivity (Wildman–Crippen MR) is 96.7 cm³/mol. The number of anilines is 1. The minimum Gasteiger partial charge on any atom is -0.462 e. The number of hydrogen-bond acceptors (Lipinski definition) is 5. The number of ether oxygens (including phenoxy) is 1. The third-order valence-corrected chi connectivity index (χ3v) is 3.64. The Morgan fingerprint density at radius 1 is 1.08 bits per heavy atom. The second-order valence-corrected chi connectivity index (χ2v) is 5.57. The van der Waals surface area contributed by atoms with E-state index < -0.39 is 0 Å². The average Bonchev–Trinajstić information content (AvgIpc) is 3.11. The topological polar surface area (TPSA) is 81.4 Å². The van der Waals surface area contributed by atoms with E-state index in [9.17, 15) is 9.59 Å². The predicted octanol–water partition coefficient (Wildman–Crippen LogP) is 3.70. The lowest BCUT2D eigenvalue weighted by molar-refractivity contribution is -0.115. The van der Waals surface area contributed by atoms with Gasteiger partial charge in [0.25, 0.3) is 0 Å². The third-order valence-electron chi connectivity index (χ3n) is 3.64. The van der Waals surface area contributed by atoms with Gasteiger partial charge in [0.15, 0.2) is 0 Å². The minimum absolute atomic E-state index is 0.0689. The number of nitrogens with one attached hydrogen (secondary N) is 1. The number of carbonyl (C=O) groups is 2. The van der Waals surface area contributed by atoms with Crippen molar-refractivity contribution in [3.63, 3.8) is 0 Å². The molecule has 1 amide bonds. The lowest BCUT2D eigenvalue weighted by Gasteiger charge is -2.05. The van der Waals surface area contributed by atoms with E-state index in [2.05, 4.69) is 10.5 Å². The molecular formula is C20H18N2O4. The molecule has 0 spiro atoms. The molecule has 6 heteroatoms. The van der Waals surface area contributed by atoms with Crippen LogP contribution in [0.15, 0.2) is 65.2 Å². The van der Waals surface area contributed by atoms with Gasteiger partial charge in [-0.1, -0.05) is 35.5 Å². The lowest BCUT2D eigenvalue weighted by Crippen LogP contribution is -2.14. The van der Waals surface area contributed by atoms with Crippen LogP contribution in [0.1, 0.15) is 23.0 Å². The molecule has 0 bridgehead atoms. The van der Waals surface area contributed by atoms with E-state index in [4.69, 9.17) is 9.26 Å². The molecule has 0 aliphatic rings. The Bertz CT molecular complexity index is 886. The molecule has 0 unspecified atom stereocenters. The van der Waals surface area contributed by atoms with Crippen LogP contribution in [0.4, 0.5) is 5.69 Å². The van der Waals surface area contributed by atoms with Crippen molar-refractivity contribution in [2.75, 3.05) is 11.9 Å². The first-order chi connectivity index (χ1) is 12.7. The molecule has 0 aliphatic heterocycles. The number of esters is 1. The number of amides is 1. The SMILES string of the molecule is CCOC(=O)c1ccc(NC(=O)Cc2cc(-c3ccccc3)no2)cc1. The number of aromatic nitrogens is 1. The average molecular weight is 350 g/mol. The molecule has 0 atom stereocenters. The Hall–Kier alpha value is -3.41. The molecule has 0 saturated heterocycles. The summed E-state index contributed by atoms with van der Waals surface area (Å²) in [6, 6.07) is 17.9. The van der Waals surface area contributed by atoms with E-state index in [1.807, 2.05) is 30.3 Å². The zero-order chi connectivity index (χ0) is 18.4. The number of nitrogens with zero attached hydrogens (tertiary/aromatic N) is 1. The monoisotopic (exact) mass is 350 g/mol. The van der Waals surface area contributed by atoms with Crippen LogP contribution in [0.2, 0.25) is 0 Å². The second-order valence-electron chi connectivity index (χ2n) is 5.57. The first-order valence-corrected chi connectivity index (χ1v) is 8.23. The normalized spacial score (nSPS) is 10.3. The van der Waals surface area contributed by atoms with Crippen molar-refractivity contribution in [3.05, 3.63) is 72.0 Å². The number of carbonyl (C=O) groups excluding carboxylic acids is 2. The second kappa shape index (κ2) is 8.11. The van der Waals surface area contributed by atoms with Gasteiger partial charge in [-0.3, -0.25) is 4.79 Å². The number of rotatable bonds is 6. The van der Waals surface area contributed by atoms with Gasteiger partial charge in [-0.15, -0.1) is 0 Å². The summed E-state index contributed by atoms with van der Waals surface area (Å²) in [5.41, 5.74) is 2.64. The highest BCUT2D eigenvalue weighted by molar-refractivity contribution is 5.93. The summed E-state index contributed by atoms with van der Waals surface area (Å²) >= 11 is 0. The molecule has 26 heavy (non-hydrogen) atoms. The summed E-state index contributed by atoms with van der Waals surface area (Å²) in [4.78, 5) is 23.8. The van der Waals surface area contributed by atoms with Crippen LogP contribution in [0, 0.1) is 0 Å². The molecule has 2 aromatic carbocycles. The van der Waals surface area contributed by atoms with E-state index in [-0.39, 0.29) is 18.3 Å². The zero-order valence-corrected chi connectivity index (χ0v) is 14.3. The Morgan fingerprint density at radius 3 is 2.50 bits per heavy atom. The highest BCUT2D eigenvalue weighted by atomic mass is 16.5. The molecule has 1 aromatic heterocycles. The summed E-state index contributed by atoms with van der Waals surface area (Å²) < 4.78 is 10.2. The van der Waals surface area contributed by atoms with Gasteiger partial charge in [-0.2, -0.15) is 0 Å². The molecule has 1 N–H and O–H groups in total. The standard InChI is InChI=1S/C20H18N2O4/c1-2-25-20(24)15-8-10-16(11-9-15)21-19(23)13-17-12-18(22-26-17)14-6-4-3-5-7-14/h3-12H,2,13H2,1H3,(H,21,23). The molecular weight excluding hydrogens is 332 g/mol. The van der Waals surface area contributed by atoms with E-state index in [0.29, 0.717) is 29.3 Å². The molecule has 132 valence electrons. The fourth-order valence-electron chi connectivity index (χ4n) is 2.41. The quantitative estimate of drug-likeness (QED) is 0.686. The van der Waals surface area contributed by atoms with Gasteiger partial charge in [0.05, 0.1) is 18.6 Å². The van der Waals surface area contributed by atoms with Crippen LogP contribution >= 0.6 is 0 Å². The molecule has 0 fully saturated rings. The first-order valence-electron chi connectivity index (χ1n) is 8.23. The summed E-state index contributed by atoms with van der Waals surface area (Å²) in [7, 11) is 0. The fraction of sp³-hybridized carbons (Fsp3) is 0.150. The molecule has 6 nitrogen and oxygen atoms in total. The van der Waals surface area contributed by atoms with Crippen molar-refractivity contribution in [3.8, 4) is 11.3 Å². The largest absolute Gasteiger partial charge is 0.462 e. The fourth-order valence-corrected chi connectivity index (χ4v) is 2.41. The van der Waals surface area contributed by atoms with Gasteiger partial charge in [-0.25, -0.2) is 4.79 Å².